The summed E-state index contributed by atoms with van der Waals surface area (Å²) in [4.78, 5) is 41.6. The Balaban J connectivity index is 1.79. The summed E-state index contributed by atoms with van der Waals surface area (Å²) in [6.45, 7) is 0.787. The molecule has 1 fully saturated rings. The average Bonchev–Trinajstić information content (AvgIpc) is 3.45. The van der Waals surface area contributed by atoms with Gasteiger partial charge in [-0.25, -0.2) is 4.98 Å². The summed E-state index contributed by atoms with van der Waals surface area (Å²) in [5, 5.41) is 23.0. The number of para-hydroxylation sites is 1. The van der Waals surface area contributed by atoms with Crippen LogP contribution in [0.1, 0.15) is 23.2 Å². The van der Waals surface area contributed by atoms with E-state index >= 15 is 0 Å². The summed E-state index contributed by atoms with van der Waals surface area (Å²) in [5.41, 5.74) is -0.425. The first-order valence-electron chi connectivity index (χ1n) is 9.68. The zero-order valence-electron chi connectivity index (χ0n) is 16.9. The largest absolute Gasteiger partial charge is 0.376 e. The number of thioether (sulfide) groups is 1. The minimum Gasteiger partial charge on any atom is -0.376 e. The lowest BCUT2D eigenvalue weighted by molar-refractivity contribution is -0.394. The molecular weight excluding hydrogens is 456 g/mol. The number of ether oxygens (including phenoxy) is 1. The van der Waals surface area contributed by atoms with Gasteiger partial charge in [0, 0.05) is 23.6 Å². The van der Waals surface area contributed by atoms with E-state index in [9.17, 15) is 25.0 Å². The van der Waals surface area contributed by atoms with Gasteiger partial charge in [0.2, 0.25) is 0 Å². The van der Waals surface area contributed by atoms with Gasteiger partial charge in [-0.15, -0.1) is 11.8 Å². The molecule has 3 aromatic rings. The molecule has 1 saturated heterocycles. The van der Waals surface area contributed by atoms with Gasteiger partial charge < -0.3 is 4.74 Å². The lowest BCUT2D eigenvalue weighted by atomic mass is 10.1. The number of anilines is 1. The zero-order valence-corrected chi connectivity index (χ0v) is 18.6. The zero-order chi connectivity index (χ0) is 22.8. The van der Waals surface area contributed by atoms with Gasteiger partial charge >= 0.3 is 0 Å². The molecule has 1 aliphatic heterocycles. The van der Waals surface area contributed by atoms with Crippen molar-refractivity contribution in [1.29, 1.82) is 0 Å². The predicted molar refractivity (Wildman–Crippen MR) is 122 cm³/mol. The summed E-state index contributed by atoms with van der Waals surface area (Å²) in [7, 11) is 0. The van der Waals surface area contributed by atoms with E-state index in [1.165, 1.54) is 28.0 Å². The Morgan fingerprint density at radius 2 is 1.97 bits per heavy atom. The monoisotopic (exact) mass is 474 g/mol. The quantitative estimate of drug-likeness (QED) is 0.275. The second-order valence-electron chi connectivity index (χ2n) is 7.11. The van der Waals surface area contributed by atoms with Crippen LogP contribution < -0.4 is 4.90 Å². The fourth-order valence-electron chi connectivity index (χ4n) is 3.52. The number of carbonyl (C=O) groups excluding carboxylic acids is 1. The average molecular weight is 475 g/mol. The van der Waals surface area contributed by atoms with Crippen LogP contribution in [0.4, 0.5) is 16.5 Å². The van der Waals surface area contributed by atoms with Gasteiger partial charge in [-0.1, -0.05) is 17.4 Å². The van der Waals surface area contributed by atoms with Crippen LogP contribution >= 0.6 is 23.1 Å². The number of fused-ring (bicyclic) bond motifs is 1. The van der Waals surface area contributed by atoms with Crippen LogP contribution in [0.5, 0.6) is 0 Å². The molecule has 1 aromatic heterocycles. The van der Waals surface area contributed by atoms with Crippen molar-refractivity contribution >= 4 is 55.7 Å². The highest BCUT2D eigenvalue weighted by Crippen LogP contribution is 2.35. The molecule has 1 amide bonds. The predicted octanol–water partition coefficient (Wildman–Crippen LogP) is 4.66. The molecule has 0 spiro atoms. The molecule has 166 valence electrons. The number of benzene rings is 2. The van der Waals surface area contributed by atoms with E-state index < -0.39 is 27.1 Å². The number of nitro groups is 2. The Morgan fingerprint density at radius 3 is 2.56 bits per heavy atom. The van der Waals surface area contributed by atoms with Crippen molar-refractivity contribution in [3.05, 3.63) is 62.2 Å². The third kappa shape index (κ3) is 4.42. The second-order valence-corrected chi connectivity index (χ2v) is 8.96. The molecule has 0 aliphatic carbocycles. The molecule has 1 unspecified atom stereocenters. The smallest absolute Gasteiger partial charge is 0.277 e. The summed E-state index contributed by atoms with van der Waals surface area (Å²) >= 11 is 2.86. The van der Waals surface area contributed by atoms with E-state index in [4.69, 9.17) is 4.74 Å². The van der Waals surface area contributed by atoms with E-state index in [2.05, 4.69) is 4.98 Å². The highest BCUT2D eigenvalue weighted by molar-refractivity contribution is 7.98. The maximum atomic E-state index is 13.5. The maximum absolute atomic E-state index is 13.5. The van der Waals surface area contributed by atoms with E-state index in [0.717, 1.165) is 46.2 Å². The van der Waals surface area contributed by atoms with Crippen LogP contribution in [-0.4, -0.2) is 46.2 Å². The summed E-state index contributed by atoms with van der Waals surface area (Å²) in [5.74, 6) is -0.600. The SMILES string of the molecule is CSc1cccc2sc(N(CC3CCCO3)C(=O)c3cc([N+](=O)[O-])cc([N+](=O)[O-])c3)nc12. The van der Waals surface area contributed by atoms with Crippen molar-refractivity contribution in [2.45, 2.75) is 23.8 Å². The Morgan fingerprint density at radius 1 is 1.25 bits per heavy atom. The molecule has 0 N–H and O–H groups in total. The van der Waals surface area contributed by atoms with Gasteiger partial charge in [-0.05, 0) is 31.2 Å². The van der Waals surface area contributed by atoms with Crippen LogP contribution in [0, 0.1) is 20.2 Å². The first kappa shape index (κ1) is 22.1. The third-order valence-corrected chi connectivity index (χ3v) is 6.86. The number of hydrogen-bond acceptors (Lipinski definition) is 9. The summed E-state index contributed by atoms with van der Waals surface area (Å²) < 4.78 is 6.59. The first-order chi connectivity index (χ1) is 15.4. The number of nitro benzene ring substituents is 2. The van der Waals surface area contributed by atoms with Gasteiger partial charge in [-0.3, -0.25) is 29.9 Å². The standard InChI is InChI=1S/C20H18N4O6S2/c1-31-16-5-2-6-17-18(16)21-20(32-17)22(11-15-4-3-7-30-15)19(25)12-8-13(23(26)27)10-14(9-12)24(28)29/h2,5-6,8-10,15H,3-4,7,11H2,1H3. The van der Waals surface area contributed by atoms with Gasteiger partial charge in [0.15, 0.2) is 5.13 Å². The Bertz CT molecular complexity index is 1180. The van der Waals surface area contributed by atoms with Crippen molar-refractivity contribution in [2.24, 2.45) is 0 Å². The minimum absolute atomic E-state index is 0.145. The van der Waals surface area contributed by atoms with Crippen LogP contribution in [0.15, 0.2) is 41.3 Å². The second kappa shape index (κ2) is 9.18. The topological polar surface area (TPSA) is 129 Å². The van der Waals surface area contributed by atoms with Crippen molar-refractivity contribution in [1.82, 2.24) is 4.98 Å². The van der Waals surface area contributed by atoms with Crippen molar-refractivity contribution in [3.63, 3.8) is 0 Å². The molecule has 2 heterocycles. The Hall–Kier alpha value is -3.09. The van der Waals surface area contributed by atoms with Crippen LogP contribution in [0.3, 0.4) is 0 Å². The van der Waals surface area contributed by atoms with Crippen LogP contribution in [-0.2, 0) is 4.74 Å². The number of carbonyl (C=O) groups is 1. The number of hydrogen-bond donors (Lipinski definition) is 0. The fourth-order valence-corrected chi connectivity index (χ4v) is 5.15. The molecule has 32 heavy (non-hydrogen) atoms. The molecular formula is C20H18N4O6S2. The number of rotatable bonds is 7. The van der Waals surface area contributed by atoms with E-state index in [0.29, 0.717) is 11.7 Å². The van der Waals surface area contributed by atoms with Crippen molar-refractivity contribution in [2.75, 3.05) is 24.3 Å². The lowest BCUT2D eigenvalue weighted by Gasteiger charge is -2.23. The highest BCUT2D eigenvalue weighted by Gasteiger charge is 2.29. The number of non-ortho nitro benzene ring substituents is 2. The van der Waals surface area contributed by atoms with Crippen molar-refractivity contribution < 1.29 is 19.4 Å². The molecule has 12 heteroatoms. The molecule has 2 aromatic carbocycles. The molecule has 0 saturated carbocycles. The van der Waals surface area contributed by atoms with Gasteiger partial charge in [0.05, 0.1) is 44.3 Å². The van der Waals surface area contributed by atoms with E-state index in [1.807, 2.05) is 24.5 Å². The molecule has 1 atom stereocenters. The van der Waals surface area contributed by atoms with E-state index in [1.54, 1.807) is 0 Å². The molecule has 0 radical (unpaired) electrons. The van der Waals surface area contributed by atoms with Gasteiger partial charge in [0.25, 0.3) is 17.3 Å². The minimum atomic E-state index is -0.753. The first-order valence-corrected chi connectivity index (χ1v) is 11.7. The van der Waals surface area contributed by atoms with E-state index in [-0.39, 0.29) is 18.2 Å². The number of thiazole rings is 1. The van der Waals surface area contributed by atoms with Crippen molar-refractivity contribution in [3.8, 4) is 0 Å². The molecule has 4 rings (SSSR count). The summed E-state index contributed by atoms with van der Waals surface area (Å²) in [6, 6.07) is 8.70. The molecule has 0 bridgehead atoms. The molecule has 10 nitrogen and oxygen atoms in total. The molecule has 1 aliphatic rings. The Kier molecular flexibility index (Phi) is 6.35. The van der Waals surface area contributed by atoms with Crippen LogP contribution in [0.25, 0.3) is 10.2 Å². The number of amides is 1. The normalized spacial score (nSPS) is 15.7. The number of aromatic nitrogens is 1. The lowest BCUT2D eigenvalue weighted by Crippen LogP contribution is -2.37. The highest BCUT2D eigenvalue weighted by atomic mass is 32.2. The van der Waals surface area contributed by atoms with Gasteiger partial charge in [0.1, 0.15) is 0 Å². The Labute approximate surface area is 190 Å². The third-order valence-electron chi connectivity index (χ3n) is 5.05. The fraction of sp³-hybridized carbons (Fsp3) is 0.300. The van der Waals surface area contributed by atoms with Gasteiger partial charge in [-0.2, -0.15) is 0 Å². The maximum Gasteiger partial charge on any atom is 0.277 e. The summed E-state index contributed by atoms with van der Waals surface area (Å²) in [6.07, 6.45) is 3.36. The number of nitrogens with zero attached hydrogens (tertiary/aromatic N) is 4. The van der Waals surface area contributed by atoms with Crippen LogP contribution in [0.2, 0.25) is 0 Å².